The molecule has 14 heavy (non-hydrogen) atoms. The second kappa shape index (κ2) is 3.49. The Bertz CT molecular complexity index is 424. The van der Waals surface area contributed by atoms with Gasteiger partial charge < -0.3 is 9.79 Å². The molecule has 0 radical (unpaired) electrons. The summed E-state index contributed by atoms with van der Waals surface area (Å²) >= 11 is 0. The van der Waals surface area contributed by atoms with Crippen molar-refractivity contribution in [3.05, 3.63) is 33.9 Å². The van der Waals surface area contributed by atoms with E-state index >= 15 is 0 Å². The fraction of sp³-hybridized carbons (Fsp3) is 0.143. The van der Waals surface area contributed by atoms with Crippen molar-refractivity contribution in [3.8, 4) is 0 Å². The van der Waals surface area contributed by atoms with Crippen LogP contribution in [0.5, 0.6) is 0 Å². The van der Waals surface area contributed by atoms with Crippen molar-refractivity contribution in [2.45, 2.75) is 6.92 Å². The van der Waals surface area contributed by atoms with Gasteiger partial charge in [-0.2, -0.15) is 0 Å². The van der Waals surface area contributed by atoms with Crippen LogP contribution in [-0.4, -0.2) is 14.7 Å². The van der Waals surface area contributed by atoms with Gasteiger partial charge in [0.05, 0.1) is 10.2 Å². The Labute approximate surface area is 79.5 Å². The molecule has 0 spiro atoms. The molecule has 0 amide bonds. The van der Waals surface area contributed by atoms with Gasteiger partial charge in [0.25, 0.3) is 5.69 Å². The van der Waals surface area contributed by atoms with E-state index in [-0.39, 0.29) is 11.0 Å². The van der Waals surface area contributed by atoms with Gasteiger partial charge in [-0.3, -0.25) is 14.7 Å². The molecular weight excluding hydrogens is 209 g/mol. The predicted molar refractivity (Wildman–Crippen MR) is 49.5 cm³/mol. The zero-order valence-corrected chi connectivity index (χ0v) is 8.14. The molecule has 0 atom stereocenters. The van der Waals surface area contributed by atoms with Crippen LogP contribution in [0.15, 0.2) is 18.2 Å². The van der Waals surface area contributed by atoms with Crippen LogP contribution in [0.3, 0.4) is 0 Å². The quantitative estimate of drug-likeness (QED) is 0.431. The molecule has 0 saturated heterocycles. The van der Waals surface area contributed by atoms with E-state index < -0.39 is 12.5 Å². The molecule has 0 fully saturated rings. The fourth-order valence-electron chi connectivity index (χ4n) is 1.03. The molecule has 0 aromatic heterocycles. The minimum atomic E-state index is -4.43. The molecule has 0 bridgehead atoms. The molecule has 76 valence electrons. The van der Waals surface area contributed by atoms with E-state index in [1.165, 1.54) is 19.1 Å². The zero-order valence-electron chi connectivity index (χ0n) is 7.25. The highest BCUT2D eigenvalue weighted by Crippen LogP contribution is 2.35. The van der Waals surface area contributed by atoms with Crippen molar-refractivity contribution in [2.75, 3.05) is 0 Å². The number of nitro benzene ring substituents is 1. The number of nitrogens with zero attached hydrogens (tertiary/aromatic N) is 1. The molecule has 0 saturated carbocycles. The summed E-state index contributed by atoms with van der Waals surface area (Å²) in [5.41, 5.74) is 0.0119. The number of non-ortho nitro benzene ring substituents is 1. The van der Waals surface area contributed by atoms with Crippen molar-refractivity contribution >= 4 is 18.6 Å². The minimum absolute atomic E-state index is 0.299. The first kappa shape index (κ1) is 10.8. The zero-order chi connectivity index (χ0) is 10.9. The van der Waals surface area contributed by atoms with Crippen LogP contribution < -0.4 is 5.30 Å². The maximum absolute atomic E-state index is 10.9. The van der Waals surface area contributed by atoms with E-state index in [2.05, 4.69) is 0 Å². The largest absolute Gasteiger partial charge is 0.356 e. The van der Waals surface area contributed by atoms with Crippen molar-refractivity contribution in [1.29, 1.82) is 0 Å². The summed E-state index contributed by atoms with van der Waals surface area (Å²) in [6.07, 6.45) is 0. The Morgan fingerprint density at radius 1 is 1.43 bits per heavy atom. The van der Waals surface area contributed by atoms with Crippen LogP contribution in [0.2, 0.25) is 0 Å². The van der Waals surface area contributed by atoms with E-state index in [4.69, 9.17) is 9.79 Å². The lowest BCUT2D eigenvalue weighted by Gasteiger charge is -2.06. The number of aryl methyl sites for hydroxylation is 1. The SMILES string of the molecule is Cc1ccc([N+](=O)[O-])cc1P(=O)(O)O. The number of hydrogen-bond acceptors (Lipinski definition) is 3. The van der Waals surface area contributed by atoms with Crippen molar-refractivity contribution < 1.29 is 19.3 Å². The van der Waals surface area contributed by atoms with Crippen molar-refractivity contribution in [1.82, 2.24) is 0 Å². The second-order valence-electron chi connectivity index (χ2n) is 2.77. The monoisotopic (exact) mass is 217 g/mol. The van der Waals surface area contributed by atoms with Crippen molar-refractivity contribution in [3.63, 3.8) is 0 Å². The van der Waals surface area contributed by atoms with Crippen LogP contribution in [0.4, 0.5) is 5.69 Å². The molecule has 1 aromatic rings. The lowest BCUT2D eigenvalue weighted by atomic mass is 10.2. The van der Waals surface area contributed by atoms with Gasteiger partial charge in [-0.15, -0.1) is 0 Å². The van der Waals surface area contributed by atoms with Crippen LogP contribution in [0.1, 0.15) is 5.56 Å². The third kappa shape index (κ3) is 2.17. The van der Waals surface area contributed by atoms with Crippen LogP contribution >= 0.6 is 7.60 Å². The lowest BCUT2D eigenvalue weighted by molar-refractivity contribution is -0.384. The van der Waals surface area contributed by atoms with Crippen LogP contribution in [0, 0.1) is 17.0 Å². The first-order chi connectivity index (χ1) is 6.32. The van der Waals surface area contributed by atoms with Gasteiger partial charge >= 0.3 is 7.60 Å². The summed E-state index contributed by atoms with van der Waals surface area (Å²) < 4.78 is 10.9. The summed E-state index contributed by atoms with van der Waals surface area (Å²) in [5, 5.41) is 10.0. The topological polar surface area (TPSA) is 101 Å². The average Bonchev–Trinajstić information content (AvgIpc) is 2.02. The highest BCUT2D eigenvalue weighted by atomic mass is 31.2. The normalized spacial score (nSPS) is 11.4. The van der Waals surface area contributed by atoms with Gasteiger partial charge in [0.2, 0.25) is 0 Å². The summed E-state index contributed by atoms with van der Waals surface area (Å²) in [4.78, 5) is 27.4. The first-order valence-electron chi connectivity index (χ1n) is 3.63. The molecule has 0 heterocycles. The number of hydrogen-bond donors (Lipinski definition) is 2. The van der Waals surface area contributed by atoms with Gasteiger partial charge in [-0.25, -0.2) is 0 Å². The van der Waals surface area contributed by atoms with Gasteiger partial charge in [-0.05, 0) is 12.5 Å². The third-order valence-electron chi connectivity index (χ3n) is 1.72. The van der Waals surface area contributed by atoms with Crippen LogP contribution in [-0.2, 0) is 4.57 Å². The summed E-state index contributed by atoms with van der Waals surface area (Å²) in [7, 11) is -4.43. The maximum atomic E-state index is 10.9. The molecule has 6 nitrogen and oxygen atoms in total. The Morgan fingerprint density at radius 2 is 2.00 bits per heavy atom. The molecule has 7 heteroatoms. The van der Waals surface area contributed by atoms with Crippen LogP contribution in [0.25, 0.3) is 0 Å². The minimum Gasteiger partial charge on any atom is -0.321 e. The highest BCUT2D eigenvalue weighted by molar-refractivity contribution is 7.60. The van der Waals surface area contributed by atoms with Gasteiger partial charge in [-0.1, -0.05) is 6.07 Å². The fourth-order valence-corrected chi connectivity index (χ4v) is 1.86. The third-order valence-corrected chi connectivity index (χ3v) is 2.83. The van der Waals surface area contributed by atoms with E-state index in [1.54, 1.807) is 0 Å². The summed E-state index contributed by atoms with van der Waals surface area (Å²) in [5.74, 6) is 0. The second-order valence-corrected chi connectivity index (χ2v) is 4.34. The van der Waals surface area contributed by atoms with E-state index in [1.807, 2.05) is 0 Å². The van der Waals surface area contributed by atoms with Gasteiger partial charge in [0, 0.05) is 12.1 Å². The smallest absolute Gasteiger partial charge is 0.321 e. The first-order valence-corrected chi connectivity index (χ1v) is 5.25. The molecule has 1 rings (SSSR count). The molecule has 1 aromatic carbocycles. The Kier molecular flexibility index (Phi) is 2.71. The molecule has 2 N–H and O–H groups in total. The van der Waals surface area contributed by atoms with Gasteiger partial charge in [0.1, 0.15) is 0 Å². The lowest BCUT2D eigenvalue weighted by Crippen LogP contribution is -2.09. The Hall–Kier alpha value is -1.23. The number of benzene rings is 1. The molecule has 0 unspecified atom stereocenters. The Balaban J connectivity index is 3.36. The number of nitro groups is 1. The van der Waals surface area contributed by atoms with Crippen molar-refractivity contribution in [2.24, 2.45) is 0 Å². The maximum Gasteiger partial charge on any atom is 0.356 e. The van der Waals surface area contributed by atoms with E-state index in [9.17, 15) is 14.7 Å². The van der Waals surface area contributed by atoms with E-state index in [0.29, 0.717) is 5.56 Å². The average molecular weight is 217 g/mol. The predicted octanol–water partition coefficient (Wildman–Crippen LogP) is 0.706. The molecular formula is C7H8NO5P. The standard InChI is InChI=1S/C7H8NO5P/c1-5-2-3-6(8(9)10)4-7(5)14(11,12)13/h2-4H,1H3,(H2,11,12,13). The molecule has 0 aliphatic carbocycles. The number of rotatable bonds is 2. The summed E-state index contributed by atoms with van der Waals surface area (Å²) in [6, 6.07) is 3.41. The van der Waals surface area contributed by atoms with Gasteiger partial charge in [0.15, 0.2) is 0 Å². The molecule has 0 aliphatic heterocycles. The highest BCUT2D eigenvalue weighted by Gasteiger charge is 2.22. The van der Waals surface area contributed by atoms with E-state index in [0.717, 1.165) is 6.07 Å². The Morgan fingerprint density at radius 3 is 2.43 bits per heavy atom. The molecule has 0 aliphatic rings. The summed E-state index contributed by atoms with van der Waals surface area (Å²) in [6.45, 7) is 1.48.